The second-order valence-electron chi connectivity index (χ2n) is 16.4. The van der Waals surface area contributed by atoms with Crippen molar-refractivity contribution < 1.29 is 14.0 Å². The van der Waals surface area contributed by atoms with E-state index in [9.17, 15) is 14.9 Å². The van der Waals surface area contributed by atoms with Gasteiger partial charge in [0.25, 0.3) is 0 Å². The second kappa shape index (κ2) is 12.7. The van der Waals surface area contributed by atoms with Gasteiger partial charge >= 0.3 is 0 Å². The molecule has 0 unspecified atom stereocenters. The van der Waals surface area contributed by atoms with Gasteiger partial charge in [0.2, 0.25) is 11.8 Å². The number of nitriles is 1. The van der Waals surface area contributed by atoms with Crippen molar-refractivity contribution in [1.29, 1.82) is 5.26 Å². The van der Waals surface area contributed by atoms with Gasteiger partial charge in [-0.05, 0) is 86.5 Å². The van der Waals surface area contributed by atoms with Crippen molar-refractivity contribution in [2.24, 2.45) is 33.0 Å². The highest BCUT2D eigenvalue weighted by Gasteiger charge is 2.61. The zero-order valence-corrected chi connectivity index (χ0v) is 29.9. The number of nitrogens with zero attached hydrogens (tertiary/aromatic N) is 3. The van der Waals surface area contributed by atoms with Crippen molar-refractivity contribution >= 4 is 11.6 Å². The highest BCUT2D eigenvalue weighted by atomic mass is 16.4. The number of aryl methyl sites for hydroxylation is 1. The molecule has 6 heteroatoms. The molecule has 1 fully saturated rings. The van der Waals surface area contributed by atoms with Crippen LogP contribution in [0.3, 0.4) is 0 Å². The van der Waals surface area contributed by atoms with Gasteiger partial charge in [-0.1, -0.05) is 94.2 Å². The minimum Gasteiger partial charge on any atom is -0.425 e. The Labute approximate surface area is 267 Å². The molecule has 44 heavy (non-hydrogen) atoms. The third-order valence-corrected chi connectivity index (χ3v) is 12.5. The SMILES string of the molecule is CCCc1nnc([C@@](CC)(CCC(C)(C)CC)CCC(C)(C)[C@]2(C)CC[C@H]3C(C)(C)C(=O)C(C#N)=C[C@]3(C)/C2=C/C(C)=O)o1. The average molecular weight is 606 g/mol. The van der Waals surface area contributed by atoms with E-state index in [1.807, 2.05) is 26.0 Å². The van der Waals surface area contributed by atoms with Crippen LogP contribution in [0, 0.1) is 44.3 Å². The number of hydrogen-bond acceptors (Lipinski definition) is 6. The molecule has 3 rings (SSSR count). The summed E-state index contributed by atoms with van der Waals surface area (Å²) in [5, 5.41) is 19.1. The predicted octanol–water partition coefficient (Wildman–Crippen LogP) is 9.69. The van der Waals surface area contributed by atoms with E-state index in [2.05, 4.69) is 78.6 Å². The lowest BCUT2D eigenvalue weighted by Crippen LogP contribution is -2.55. The first-order chi connectivity index (χ1) is 20.3. The van der Waals surface area contributed by atoms with Crippen molar-refractivity contribution in [2.45, 2.75) is 153 Å². The summed E-state index contributed by atoms with van der Waals surface area (Å²) in [6.07, 6.45) is 13.1. The van der Waals surface area contributed by atoms with Crippen LogP contribution in [-0.4, -0.2) is 21.8 Å². The minimum atomic E-state index is -0.687. The van der Waals surface area contributed by atoms with E-state index in [0.29, 0.717) is 5.89 Å². The number of aromatic nitrogens is 2. The zero-order chi connectivity index (χ0) is 33.4. The van der Waals surface area contributed by atoms with Gasteiger partial charge in [0.05, 0.1) is 5.57 Å². The number of Topliss-reactive ketones (excluding diaryl/α,β-unsaturated/α-hetero) is 1. The Hall–Kier alpha value is -2.55. The topological polar surface area (TPSA) is 96.9 Å². The van der Waals surface area contributed by atoms with E-state index in [4.69, 9.17) is 4.42 Å². The lowest BCUT2D eigenvalue weighted by molar-refractivity contribution is -0.131. The molecule has 0 spiro atoms. The maximum absolute atomic E-state index is 13.3. The number of carbonyl (C=O) groups excluding carboxylic acids is 2. The molecular formula is C38H59N3O3. The first-order valence-electron chi connectivity index (χ1n) is 17.0. The quantitative estimate of drug-likeness (QED) is 0.208. The fourth-order valence-electron chi connectivity index (χ4n) is 8.32. The molecule has 0 aromatic carbocycles. The van der Waals surface area contributed by atoms with Crippen molar-refractivity contribution in [3.8, 4) is 6.07 Å². The molecule has 0 aliphatic heterocycles. The molecule has 2 aliphatic rings. The van der Waals surface area contributed by atoms with Crippen LogP contribution in [0.5, 0.6) is 0 Å². The van der Waals surface area contributed by atoms with E-state index in [1.165, 1.54) is 0 Å². The summed E-state index contributed by atoms with van der Waals surface area (Å²) in [6, 6.07) is 2.20. The van der Waals surface area contributed by atoms with Gasteiger partial charge in [-0.15, -0.1) is 10.2 Å². The molecule has 0 bridgehead atoms. The number of hydrogen-bond donors (Lipinski definition) is 0. The molecule has 0 radical (unpaired) electrons. The molecule has 6 nitrogen and oxygen atoms in total. The Balaban J connectivity index is 2.10. The fraction of sp³-hybridized carbons (Fsp3) is 0.763. The number of ketones is 2. The van der Waals surface area contributed by atoms with Crippen LogP contribution in [-0.2, 0) is 21.4 Å². The first kappa shape index (κ1) is 35.9. The van der Waals surface area contributed by atoms with Crippen LogP contribution in [0.2, 0.25) is 0 Å². The highest BCUT2D eigenvalue weighted by molar-refractivity contribution is 6.04. The van der Waals surface area contributed by atoms with Crippen LogP contribution in [0.25, 0.3) is 0 Å². The summed E-state index contributed by atoms with van der Waals surface area (Å²) in [4.78, 5) is 26.2. The second-order valence-corrected chi connectivity index (χ2v) is 16.4. The van der Waals surface area contributed by atoms with E-state index in [0.717, 1.165) is 75.7 Å². The number of carbonyl (C=O) groups is 2. The summed E-state index contributed by atoms with van der Waals surface area (Å²) in [6.45, 7) is 26.0. The largest absolute Gasteiger partial charge is 0.425 e. The highest BCUT2D eigenvalue weighted by Crippen LogP contribution is 2.67. The van der Waals surface area contributed by atoms with Crippen molar-refractivity contribution in [3.05, 3.63) is 35.1 Å². The normalized spacial score (nSPS) is 27.8. The molecule has 1 heterocycles. The van der Waals surface area contributed by atoms with Gasteiger partial charge in [0.1, 0.15) is 6.07 Å². The Morgan fingerprint density at radius 2 is 1.68 bits per heavy atom. The van der Waals surface area contributed by atoms with Crippen LogP contribution in [0.4, 0.5) is 0 Å². The van der Waals surface area contributed by atoms with Crippen molar-refractivity contribution in [3.63, 3.8) is 0 Å². The van der Waals surface area contributed by atoms with E-state index >= 15 is 0 Å². The van der Waals surface area contributed by atoms with Gasteiger partial charge in [0, 0.05) is 22.7 Å². The first-order valence-corrected chi connectivity index (χ1v) is 17.0. The van der Waals surface area contributed by atoms with Crippen LogP contribution in [0.1, 0.15) is 153 Å². The number of rotatable bonds is 13. The van der Waals surface area contributed by atoms with Crippen molar-refractivity contribution in [2.75, 3.05) is 0 Å². The van der Waals surface area contributed by atoms with Crippen LogP contribution in [0.15, 0.2) is 27.7 Å². The molecule has 244 valence electrons. The lowest BCUT2D eigenvalue weighted by Gasteiger charge is -2.61. The van der Waals surface area contributed by atoms with Gasteiger partial charge < -0.3 is 4.42 Å². The molecule has 0 N–H and O–H groups in total. The third-order valence-electron chi connectivity index (χ3n) is 12.5. The van der Waals surface area contributed by atoms with E-state index in [1.54, 1.807) is 6.92 Å². The monoisotopic (exact) mass is 605 g/mol. The van der Waals surface area contributed by atoms with Crippen LogP contribution < -0.4 is 0 Å². The van der Waals surface area contributed by atoms with Gasteiger partial charge in [0.15, 0.2) is 11.6 Å². The lowest BCUT2D eigenvalue weighted by atomic mass is 9.42. The summed E-state index contributed by atoms with van der Waals surface area (Å²) in [5.41, 5.74) is -0.548. The minimum absolute atomic E-state index is 0.00419. The average Bonchev–Trinajstić information content (AvgIpc) is 3.42. The van der Waals surface area contributed by atoms with Crippen molar-refractivity contribution in [1.82, 2.24) is 10.2 Å². The van der Waals surface area contributed by atoms with E-state index < -0.39 is 10.8 Å². The molecule has 1 saturated carbocycles. The zero-order valence-electron chi connectivity index (χ0n) is 29.9. The molecule has 2 aliphatic carbocycles. The van der Waals surface area contributed by atoms with Gasteiger partial charge in [-0.3, -0.25) is 9.59 Å². The van der Waals surface area contributed by atoms with Gasteiger partial charge in [-0.2, -0.15) is 5.26 Å². The Kier molecular flexibility index (Phi) is 10.4. The summed E-state index contributed by atoms with van der Waals surface area (Å²) < 4.78 is 6.38. The number of allylic oxidation sites excluding steroid dienone is 4. The van der Waals surface area contributed by atoms with E-state index in [-0.39, 0.29) is 44.7 Å². The predicted molar refractivity (Wildman–Crippen MR) is 177 cm³/mol. The fourth-order valence-corrected chi connectivity index (χ4v) is 8.32. The Morgan fingerprint density at radius 1 is 1.05 bits per heavy atom. The molecule has 0 saturated heterocycles. The van der Waals surface area contributed by atoms with Crippen LogP contribution >= 0.6 is 0 Å². The van der Waals surface area contributed by atoms with Gasteiger partial charge in [-0.25, -0.2) is 0 Å². The summed E-state index contributed by atoms with van der Waals surface area (Å²) in [7, 11) is 0. The molecule has 4 atom stereocenters. The summed E-state index contributed by atoms with van der Waals surface area (Å²) >= 11 is 0. The maximum atomic E-state index is 13.3. The molecule has 1 aromatic heterocycles. The number of fused-ring (bicyclic) bond motifs is 1. The maximum Gasteiger partial charge on any atom is 0.222 e. The Morgan fingerprint density at radius 3 is 2.23 bits per heavy atom. The molecular weight excluding hydrogens is 546 g/mol. The molecule has 1 aromatic rings. The molecule has 0 amide bonds. The standard InChI is InChI=1S/C38H59N3O3/c1-13-16-30-40-41-32(44-30)38(15-3,21-19-33(5,6)14-2)22-20-34(7,8)37(12)18-17-28-35(9,10)31(43)27(25-39)24-36(28,11)29(37)23-26(4)42/h23-24,28H,13-22H2,1-12H3/b29-23-/t28-,36-,37+,38-/m0/s1. The third kappa shape index (κ3) is 6.40. The summed E-state index contributed by atoms with van der Waals surface area (Å²) in [5.74, 6) is 1.41. The Bertz CT molecular complexity index is 1340. The smallest absolute Gasteiger partial charge is 0.222 e.